The van der Waals surface area contributed by atoms with E-state index in [9.17, 15) is 0 Å². The van der Waals surface area contributed by atoms with Crippen LogP contribution in [0, 0.1) is 10.7 Å². The zero-order valence-electron chi connectivity index (χ0n) is 8.08. The van der Waals surface area contributed by atoms with Gasteiger partial charge in [-0.25, -0.2) is 5.10 Å². The monoisotopic (exact) mass is 200 g/mol. The van der Waals surface area contributed by atoms with Crippen LogP contribution in [0.5, 0.6) is 0 Å². The molecule has 0 unspecified atom stereocenters. The Labute approximate surface area is 83.1 Å². The molecule has 0 spiro atoms. The van der Waals surface area contributed by atoms with Gasteiger partial charge in [0.15, 0.2) is 4.77 Å². The van der Waals surface area contributed by atoms with Crippen molar-refractivity contribution in [1.82, 2.24) is 14.8 Å². The number of hydrogen-bond donors (Lipinski definition) is 2. The molecule has 13 heavy (non-hydrogen) atoms. The lowest BCUT2D eigenvalue weighted by atomic mass is 10.0. The fourth-order valence-electron chi connectivity index (χ4n) is 1.31. The van der Waals surface area contributed by atoms with Crippen LogP contribution in [0.3, 0.4) is 0 Å². The van der Waals surface area contributed by atoms with Gasteiger partial charge in [0.25, 0.3) is 0 Å². The Hall–Kier alpha value is -0.840. The highest BCUT2D eigenvalue weighted by Crippen LogP contribution is 2.12. The first-order chi connectivity index (χ1) is 6.19. The molecule has 0 aliphatic rings. The number of nitrogen functional groups attached to an aromatic ring is 1. The SMILES string of the molecule is CCC(CC)Cn1c(N)n[nH]c1=S. The van der Waals surface area contributed by atoms with Crippen molar-refractivity contribution in [3.63, 3.8) is 0 Å². The predicted octanol–water partition coefficient (Wildman–Crippen LogP) is 1.96. The lowest BCUT2D eigenvalue weighted by Crippen LogP contribution is -2.11. The Bertz CT molecular complexity index is 310. The molecule has 74 valence electrons. The topological polar surface area (TPSA) is 59.6 Å². The van der Waals surface area contributed by atoms with Gasteiger partial charge >= 0.3 is 0 Å². The molecule has 0 aliphatic carbocycles. The van der Waals surface area contributed by atoms with Gasteiger partial charge in [0, 0.05) is 6.54 Å². The number of nitrogens with two attached hydrogens (primary N) is 1. The van der Waals surface area contributed by atoms with E-state index in [-0.39, 0.29) is 0 Å². The van der Waals surface area contributed by atoms with Gasteiger partial charge < -0.3 is 5.73 Å². The first-order valence-electron chi connectivity index (χ1n) is 4.59. The summed E-state index contributed by atoms with van der Waals surface area (Å²) in [5.74, 6) is 1.11. The highest BCUT2D eigenvalue weighted by Gasteiger charge is 2.08. The molecule has 0 amide bonds. The van der Waals surface area contributed by atoms with Crippen molar-refractivity contribution in [2.75, 3.05) is 5.73 Å². The second-order valence-electron chi connectivity index (χ2n) is 3.18. The predicted molar refractivity (Wildman–Crippen MR) is 55.9 cm³/mol. The van der Waals surface area contributed by atoms with Crippen LogP contribution >= 0.6 is 12.2 Å². The quantitative estimate of drug-likeness (QED) is 0.730. The Morgan fingerprint density at radius 2 is 2.15 bits per heavy atom. The molecule has 0 bridgehead atoms. The average molecular weight is 200 g/mol. The van der Waals surface area contributed by atoms with E-state index < -0.39 is 0 Å². The number of rotatable bonds is 4. The molecule has 0 aliphatic heterocycles. The Morgan fingerprint density at radius 3 is 2.54 bits per heavy atom. The number of hydrogen-bond acceptors (Lipinski definition) is 3. The molecule has 5 heteroatoms. The largest absolute Gasteiger partial charge is 0.368 e. The fourth-order valence-corrected chi connectivity index (χ4v) is 1.53. The van der Waals surface area contributed by atoms with Crippen LogP contribution in [-0.2, 0) is 6.54 Å². The summed E-state index contributed by atoms with van der Waals surface area (Å²) < 4.78 is 2.47. The van der Waals surface area contributed by atoms with Crippen molar-refractivity contribution in [2.45, 2.75) is 33.2 Å². The van der Waals surface area contributed by atoms with Crippen molar-refractivity contribution in [1.29, 1.82) is 0 Å². The summed E-state index contributed by atoms with van der Waals surface area (Å²) in [6.45, 7) is 5.22. The smallest absolute Gasteiger partial charge is 0.220 e. The van der Waals surface area contributed by atoms with Crippen LogP contribution in [0.4, 0.5) is 5.95 Å². The van der Waals surface area contributed by atoms with Crippen LogP contribution in [0.15, 0.2) is 0 Å². The maximum atomic E-state index is 5.65. The van der Waals surface area contributed by atoms with Crippen molar-refractivity contribution in [3.8, 4) is 0 Å². The summed E-state index contributed by atoms with van der Waals surface area (Å²) in [6, 6.07) is 0. The third-order valence-electron chi connectivity index (χ3n) is 2.38. The number of nitrogens with one attached hydrogen (secondary N) is 1. The van der Waals surface area contributed by atoms with E-state index in [2.05, 4.69) is 24.0 Å². The van der Waals surface area contributed by atoms with Gasteiger partial charge in [0.1, 0.15) is 0 Å². The molecule has 0 atom stereocenters. The molecule has 4 nitrogen and oxygen atoms in total. The molecule has 0 fully saturated rings. The second kappa shape index (κ2) is 4.41. The first kappa shape index (κ1) is 10.2. The Morgan fingerprint density at radius 1 is 1.54 bits per heavy atom. The molecule has 0 radical (unpaired) electrons. The standard InChI is InChI=1S/C8H16N4S/c1-3-6(4-2)5-12-7(9)10-11-8(12)13/h6H,3-5H2,1-2H3,(H2,9,10)(H,11,13). The van der Waals surface area contributed by atoms with Crippen molar-refractivity contribution in [3.05, 3.63) is 4.77 Å². The van der Waals surface area contributed by atoms with Gasteiger partial charge in [0.2, 0.25) is 5.95 Å². The van der Waals surface area contributed by atoms with Crippen LogP contribution in [-0.4, -0.2) is 14.8 Å². The molecular weight excluding hydrogens is 184 g/mol. The van der Waals surface area contributed by atoms with E-state index in [1.54, 1.807) is 0 Å². The fraction of sp³-hybridized carbons (Fsp3) is 0.750. The summed E-state index contributed by atoms with van der Waals surface area (Å²) in [4.78, 5) is 0. The zero-order chi connectivity index (χ0) is 9.84. The normalized spacial score (nSPS) is 11.0. The maximum Gasteiger partial charge on any atom is 0.220 e. The van der Waals surface area contributed by atoms with Crippen LogP contribution < -0.4 is 5.73 Å². The molecule has 3 N–H and O–H groups in total. The minimum Gasteiger partial charge on any atom is -0.368 e. The van der Waals surface area contributed by atoms with E-state index in [0.29, 0.717) is 16.6 Å². The minimum atomic E-state index is 0.483. The van der Waals surface area contributed by atoms with Crippen LogP contribution in [0.2, 0.25) is 0 Å². The molecule has 1 heterocycles. The van der Waals surface area contributed by atoms with E-state index in [0.717, 1.165) is 19.4 Å². The number of aromatic amines is 1. The number of nitrogens with zero attached hydrogens (tertiary/aromatic N) is 2. The number of anilines is 1. The van der Waals surface area contributed by atoms with Crippen molar-refractivity contribution >= 4 is 18.2 Å². The summed E-state index contributed by atoms with van der Waals surface area (Å²) in [5, 5.41) is 6.54. The number of H-pyrrole nitrogens is 1. The lowest BCUT2D eigenvalue weighted by molar-refractivity contribution is 0.418. The molecular formula is C8H16N4S. The van der Waals surface area contributed by atoms with Gasteiger partial charge in [-0.3, -0.25) is 4.57 Å². The molecule has 1 rings (SSSR count). The van der Waals surface area contributed by atoms with E-state index >= 15 is 0 Å². The second-order valence-corrected chi connectivity index (χ2v) is 3.57. The van der Waals surface area contributed by atoms with Crippen LogP contribution in [0.1, 0.15) is 26.7 Å². The van der Waals surface area contributed by atoms with Crippen LogP contribution in [0.25, 0.3) is 0 Å². The van der Waals surface area contributed by atoms with Gasteiger partial charge in [-0.2, -0.15) is 0 Å². The third kappa shape index (κ3) is 2.30. The average Bonchev–Trinajstić information content (AvgIpc) is 2.44. The highest BCUT2D eigenvalue weighted by atomic mass is 32.1. The third-order valence-corrected chi connectivity index (χ3v) is 2.69. The zero-order valence-corrected chi connectivity index (χ0v) is 8.90. The van der Waals surface area contributed by atoms with E-state index in [4.69, 9.17) is 18.0 Å². The summed E-state index contributed by atoms with van der Waals surface area (Å²) in [6.07, 6.45) is 2.28. The van der Waals surface area contributed by atoms with Gasteiger partial charge in [-0.15, -0.1) is 5.10 Å². The van der Waals surface area contributed by atoms with Gasteiger partial charge in [0.05, 0.1) is 0 Å². The highest BCUT2D eigenvalue weighted by molar-refractivity contribution is 7.71. The number of aromatic nitrogens is 3. The molecule has 1 aromatic rings. The summed E-state index contributed by atoms with van der Waals surface area (Å²) in [5.41, 5.74) is 5.65. The lowest BCUT2D eigenvalue weighted by Gasteiger charge is -2.12. The minimum absolute atomic E-state index is 0.483. The Kier molecular flexibility index (Phi) is 3.48. The van der Waals surface area contributed by atoms with Gasteiger partial charge in [-0.05, 0) is 18.1 Å². The summed E-state index contributed by atoms with van der Waals surface area (Å²) >= 11 is 5.05. The van der Waals surface area contributed by atoms with E-state index in [1.165, 1.54) is 0 Å². The maximum absolute atomic E-state index is 5.65. The molecule has 0 aromatic carbocycles. The van der Waals surface area contributed by atoms with E-state index in [1.807, 2.05) is 4.57 Å². The van der Waals surface area contributed by atoms with Crippen molar-refractivity contribution in [2.24, 2.45) is 5.92 Å². The summed E-state index contributed by atoms with van der Waals surface area (Å²) in [7, 11) is 0. The van der Waals surface area contributed by atoms with Crippen molar-refractivity contribution < 1.29 is 0 Å². The molecule has 1 aromatic heterocycles. The molecule has 0 saturated heterocycles. The van der Waals surface area contributed by atoms with Gasteiger partial charge in [-0.1, -0.05) is 26.7 Å². The first-order valence-corrected chi connectivity index (χ1v) is 5.00. The Balaban J connectivity index is 2.78. The molecule has 0 saturated carbocycles.